The van der Waals surface area contributed by atoms with Gasteiger partial charge in [0, 0.05) is 13.1 Å². The van der Waals surface area contributed by atoms with Crippen LogP contribution in [0.1, 0.15) is 62.5 Å². The van der Waals surface area contributed by atoms with E-state index in [9.17, 15) is 0 Å². The Morgan fingerprint density at radius 3 is 0.933 bits per heavy atom. The molecule has 0 heterocycles. The van der Waals surface area contributed by atoms with Crippen LogP contribution in [0, 0.1) is 0 Å². The summed E-state index contributed by atoms with van der Waals surface area (Å²) in [4.78, 5) is 0. The van der Waals surface area contributed by atoms with E-state index >= 15 is 0 Å². The molecule has 0 aliphatic rings. The van der Waals surface area contributed by atoms with Crippen LogP contribution >= 0.6 is 12.4 Å². The first-order valence-corrected chi connectivity index (χ1v) is 17.4. The van der Waals surface area contributed by atoms with Crippen LogP contribution in [0.15, 0.2) is 48.5 Å². The number of hydrogen-bond donors (Lipinski definition) is 8. The zero-order valence-electron chi connectivity index (χ0n) is 27.7. The van der Waals surface area contributed by atoms with Crippen LogP contribution in [0.3, 0.4) is 0 Å². The van der Waals surface area contributed by atoms with Crippen molar-refractivity contribution >= 4 is 34.0 Å². The molecule has 0 aromatic heterocycles. The topological polar surface area (TPSA) is 124 Å². The molecule has 0 aliphatic heterocycles. The second-order valence-corrected chi connectivity index (χ2v) is 11.8. The normalized spacial score (nSPS) is 11.4. The average Bonchev–Trinajstić information content (AvgIpc) is 3.05. The smallest absolute Gasteiger partial charge is 0.0217 e. The molecule has 0 spiro atoms. The van der Waals surface area contributed by atoms with Gasteiger partial charge in [0.05, 0.1) is 0 Å². The van der Waals surface area contributed by atoms with Crippen molar-refractivity contribution in [3.63, 3.8) is 0 Å². The van der Waals surface area contributed by atoms with Crippen LogP contribution in [0.5, 0.6) is 0 Å². The maximum absolute atomic E-state index is 5.54. The van der Waals surface area contributed by atoms with Gasteiger partial charge in [-0.2, -0.15) is 0 Å². The van der Waals surface area contributed by atoms with E-state index in [1.54, 1.807) is 0 Å². The summed E-state index contributed by atoms with van der Waals surface area (Å²) >= 11 is 0. The third-order valence-electron chi connectivity index (χ3n) is 8.20. The van der Waals surface area contributed by atoms with E-state index < -0.39 is 0 Å². The second kappa shape index (κ2) is 26.2. The van der Waals surface area contributed by atoms with Gasteiger partial charge < -0.3 is 43.4 Å². The van der Waals surface area contributed by atoms with Gasteiger partial charge in [-0.15, -0.1) is 12.4 Å². The minimum Gasteiger partial charge on any atom is -0.330 e. The number of rotatable bonds is 28. The quantitative estimate of drug-likeness (QED) is 0.0442. The summed E-state index contributed by atoms with van der Waals surface area (Å²) in [6.07, 6.45) is 9.25. The summed E-state index contributed by atoms with van der Waals surface area (Å²) in [5.41, 5.74) is 13.9. The van der Waals surface area contributed by atoms with Crippen molar-refractivity contribution in [1.82, 2.24) is 31.9 Å². The van der Waals surface area contributed by atoms with Crippen LogP contribution in [-0.2, 0) is 13.1 Å². The van der Waals surface area contributed by atoms with Crippen molar-refractivity contribution in [2.75, 3.05) is 78.5 Å². The van der Waals surface area contributed by atoms with Crippen LogP contribution < -0.4 is 43.4 Å². The fourth-order valence-electron chi connectivity index (χ4n) is 5.75. The molecule has 0 amide bonds. The Labute approximate surface area is 279 Å². The zero-order chi connectivity index (χ0) is 30.9. The van der Waals surface area contributed by atoms with Gasteiger partial charge >= 0.3 is 0 Å². The van der Waals surface area contributed by atoms with Gasteiger partial charge in [0.1, 0.15) is 0 Å². The molecule has 0 atom stereocenters. The molecule has 8 nitrogen and oxygen atoms in total. The standard InChI is InChI=1S/C36H62N8.ClH/c37-17-9-23-39-19-5-7-21-41-25-11-27-43-29-35-31-13-1-2-14-32(31)36(34-16-4-3-15-33(34)35)30-44-28-12-26-42-22-8-6-20-40-24-10-18-38;/h1-4,13-16,39-44H,5-12,17-30,37-38H2;1H. The van der Waals surface area contributed by atoms with E-state index in [-0.39, 0.29) is 12.4 Å². The van der Waals surface area contributed by atoms with Crippen molar-refractivity contribution in [3.8, 4) is 0 Å². The van der Waals surface area contributed by atoms with Crippen molar-refractivity contribution < 1.29 is 0 Å². The van der Waals surface area contributed by atoms with Crippen LogP contribution in [0.25, 0.3) is 21.5 Å². The molecule has 45 heavy (non-hydrogen) atoms. The Morgan fingerprint density at radius 2 is 0.622 bits per heavy atom. The highest BCUT2D eigenvalue weighted by Gasteiger charge is 2.13. The third kappa shape index (κ3) is 15.5. The van der Waals surface area contributed by atoms with Crippen molar-refractivity contribution in [2.45, 2.75) is 64.5 Å². The molecule has 0 radical (unpaired) electrons. The number of benzene rings is 3. The van der Waals surface area contributed by atoms with Gasteiger partial charge in [-0.1, -0.05) is 48.5 Å². The first kappa shape index (κ1) is 39.3. The molecule has 0 saturated carbocycles. The monoisotopic (exact) mass is 642 g/mol. The number of halogens is 1. The lowest BCUT2D eigenvalue weighted by molar-refractivity contribution is 0.556. The van der Waals surface area contributed by atoms with E-state index in [0.29, 0.717) is 0 Å². The Balaban J connectivity index is 0.00000705. The minimum atomic E-state index is 0. The molecule has 3 aromatic carbocycles. The molecule has 10 N–H and O–H groups in total. The number of hydrogen-bond acceptors (Lipinski definition) is 8. The lowest BCUT2D eigenvalue weighted by atomic mass is 9.91. The first-order valence-electron chi connectivity index (χ1n) is 17.4. The molecule has 3 rings (SSSR count). The summed E-state index contributed by atoms with van der Waals surface area (Å²) in [6.45, 7) is 13.9. The molecule has 254 valence electrons. The van der Waals surface area contributed by atoms with E-state index in [0.717, 1.165) is 117 Å². The van der Waals surface area contributed by atoms with Crippen molar-refractivity contribution in [1.29, 1.82) is 0 Å². The Hall–Kier alpha value is -1.85. The summed E-state index contributed by atoms with van der Waals surface area (Å²) in [6, 6.07) is 17.9. The summed E-state index contributed by atoms with van der Waals surface area (Å²) in [5, 5.41) is 27.1. The number of unbranched alkanes of at least 4 members (excludes halogenated alkanes) is 2. The predicted octanol–water partition coefficient (Wildman–Crippen LogP) is 3.99. The molecular weight excluding hydrogens is 580 g/mol. The third-order valence-corrected chi connectivity index (χ3v) is 8.20. The predicted molar refractivity (Wildman–Crippen MR) is 199 cm³/mol. The average molecular weight is 643 g/mol. The molecule has 0 saturated heterocycles. The van der Waals surface area contributed by atoms with Crippen molar-refractivity contribution in [2.24, 2.45) is 11.5 Å². The molecule has 0 fully saturated rings. The fourth-order valence-corrected chi connectivity index (χ4v) is 5.75. The number of fused-ring (bicyclic) bond motifs is 2. The Kier molecular flexibility index (Phi) is 22.9. The summed E-state index contributed by atoms with van der Waals surface area (Å²) in [5.74, 6) is 0. The molecule has 9 heteroatoms. The second-order valence-electron chi connectivity index (χ2n) is 11.8. The van der Waals surface area contributed by atoms with E-state index in [2.05, 4.69) is 80.4 Å². The minimum absolute atomic E-state index is 0. The first-order chi connectivity index (χ1) is 21.9. The zero-order valence-corrected chi connectivity index (χ0v) is 28.6. The maximum atomic E-state index is 5.54. The molecular formula is C36H63ClN8. The molecule has 0 bridgehead atoms. The number of nitrogens with two attached hydrogens (primary N) is 2. The SMILES string of the molecule is Cl.NCCCNCCCCNCCCNCc1c2ccccc2c(CNCCCNCCCCNCCCN)c2ccccc12. The Morgan fingerprint density at radius 1 is 0.356 bits per heavy atom. The van der Waals surface area contributed by atoms with E-state index in [1.807, 2.05) is 0 Å². The van der Waals surface area contributed by atoms with Crippen molar-refractivity contribution in [3.05, 3.63) is 59.7 Å². The van der Waals surface area contributed by atoms with Crippen LogP contribution in [0.2, 0.25) is 0 Å². The lowest BCUT2D eigenvalue weighted by Gasteiger charge is -2.18. The fraction of sp³-hybridized carbons (Fsp3) is 0.611. The van der Waals surface area contributed by atoms with Gasteiger partial charge in [-0.25, -0.2) is 0 Å². The van der Waals surface area contributed by atoms with Gasteiger partial charge in [-0.3, -0.25) is 0 Å². The van der Waals surface area contributed by atoms with Crippen LogP contribution in [0.4, 0.5) is 0 Å². The lowest BCUT2D eigenvalue weighted by Crippen LogP contribution is -2.24. The van der Waals surface area contributed by atoms with Gasteiger partial charge in [-0.05, 0) is 163 Å². The highest BCUT2D eigenvalue weighted by molar-refractivity contribution is 6.05. The largest absolute Gasteiger partial charge is 0.330 e. The number of nitrogens with one attached hydrogen (secondary N) is 6. The van der Waals surface area contributed by atoms with E-state index in [1.165, 1.54) is 58.4 Å². The Bertz CT molecular complexity index is 1000. The summed E-state index contributed by atoms with van der Waals surface area (Å²) in [7, 11) is 0. The van der Waals surface area contributed by atoms with Gasteiger partial charge in [0.25, 0.3) is 0 Å². The maximum Gasteiger partial charge on any atom is 0.0217 e. The molecule has 3 aromatic rings. The highest BCUT2D eigenvalue weighted by Crippen LogP contribution is 2.33. The van der Waals surface area contributed by atoms with Crippen LogP contribution in [-0.4, -0.2) is 78.5 Å². The molecule has 0 aliphatic carbocycles. The molecule has 0 unspecified atom stereocenters. The summed E-state index contributed by atoms with van der Waals surface area (Å²) < 4.78 is 0. The van der Waals surface area contributed by atoms with Gasteiger partial charge in [0.2, 0.25) is 0 Å². The van der Waals surface area contributed by atoms with Gasteiger partial charge in [0.15, 0.2) is 0 Å². The highest BCUT2D eigenvalue weighted by atomic mass is 35.5. The van der Waals surface area contributed by atoms with E-state index in [4.69, 9.17) is 11.5 Å².